The molecule has 0 radical (unpaired) electrons. The highest BCUT2D eigenvalue weighted by Crippen LogP contribution is 2.49. The molecule has 4 heterocycles. The van der Waals surface area contributed by atoms with Crippen molar-refractivity contribution in [3.63, 3.8) is 0 Å². The number of benzene rings is 1. The molecule has 3 aromatic rings. The molecule has 1 spiro atoms. The van der Waals surface area contributed by atoms with E-state index in [4.69, 9.17) is 14.6 Å². The average molecular weight is 439 g/mol. The lowest BCUT2D eigenvalue weighted by Gasteiger charge is -2.28. The number of rotatable bonds is 5. The Bertz CT molecular complexity index is 1110. The van der Waals surface area contributed by atoms with Gasteiger partial charge >= 0.3 is 0 Å². The van der Waals surface area contributed by atoms with E-state index in [0.29, 0.717) is 11.7 Å². The van der Waals surface area contributed by atoms with Gasteiger partial charge in [0.25, 0.3) is 0 Å². The molecule has 5 rings (SSSR count). The normalized spacial score (nSPS) is 24.2. The summed E-state index contributed by atoms with van der Waals surface area (Å²) in [6.45, 7) is 12.2. The van der Waals surface area contributed by atoms with Crippen LogP contribution in [-0.4, -0.2) is 62.9 Å². The van der Waals surface area contributed by atoms with E-state index in [1.807, 2.05) is 0 Å². The van der Waals surface area contributed by atoms with Crippen LogP contribution in [0.3, 0.4) is 0 Å². The number of hydrogen-bond acceptors (Lipinski definition) is 6. The minimum atomic E-state index is -0.270. The summed E-state index contributed by atoms with van der Waals surface area (Å²) in [4.78, 5) is 9.70. The third-order valence-electron chi connectivity index (χ3n) is 7.35. The van der Waals surface area contributed by atoms with Gasteiger partial charge in [0.15, 0.2) is 0 Å². The summed E-state index contributed by atoms with van der Waals surface area (Å²) in [7, 11) is 2.19. The molecule has 8 heteroatoms. The second-order valence-electron chi connectivity index (χ2n) is 9.50. The number of nitrogens with zero attached hydrogens (tertiary/aromatic N) is 6. The van der Waals surface area contributed by atoms with Crippen LogP contribution in [0.5, 0.6) is 0 Å². The molecule has 1 aromatic carbocycles. The molecule has 2 aliphatic rings. The minimum absolute atomic E-state index is 0.101. The molecule has 0 N–H and O–H groups in total. The molecule has 2 saturated heterocycles. The Balaban J connectivity index is 1.43. The van der Waals surface area contributed by atoms with E-state index >= 15 is 0 Å². The van der Waals surface area contributed by atoms with E-state index in [0.717, 1.165) is 56.9 Å². The molecule has 0 bridgehead atoms. The standard InChI is InChI=1S/C24H31FN6O/c1-5-31-17(3)20(16(2)27-31)12-30-13-21(24(15-30)10-11-29(4)14-24)23-26-22(28-32-23)18-6-8-19(25)9-7-18/h6-9,21H,5,10-15H2,1-4H3/t21-,24-/m0/s1. The zero-order chi connectivity index (χ0) is 22.5. The Hall–Kier alpha value is -2.58. The van der Waals surface area contributed by atoms with Crippen LogP contribution in [0.25, 0.3) is 11.4 Å². The van der Waals surface area contributed by atoms with Crippen molar-refractivity contribution in [3.05, 3.63) is 52.9 Å². The SMILES string of the molecule is CCn1nc(C)c(CN2C[C@@H](c3nc(-c4ccc(F)cc4)no3)[C@]3(CCN(C)C3)C2)c1C. The molecular weight excluding hydrogens is 407 g/mol. The molecule has 2 atom stereocenters. The van der Waals surface area contributed by atoms with Gasteiger partial charge in [0.05, 0.1) is 11.6 Å². The zero-order valence-electron chi connectivity index (χ0n) is 19.3. The molecular formula is C24H31FN6O. The fourth-order valence-electron chi connectivity index (χ4n) is 5.64. The predicted molar refractivity (Wildman–Crippen MR) is 120 cm³/mol. The quantitative estimate of drug-likeness (QED) is 0.606. The van der Waals surface area contributed by atoms with Gasteiger partial charge in [-0.15, -0.1) is 0 Å². The highest BCUT2D eigenvalue weighted by Gasteiger charge is 2.52. The first-order valence-electron chi connectivity index (χ1n) is 11.4. The first kappa shape index (κ1) is 21.3. The Morgan fingerprint density at radius 3 is 2.62 bits per heavy atom. The second-order valence-corrected chi connectivity index (χ2v) is 9.50. The third-order valence-corrected chi connectivity index (χ3v) is 7.35. The Labute approximate surface area is 188 Å². The lowest BCUT2D eigenvalue weighted by molar-refractivity contribution is 0.223. The van der Waals surface area contributed by atoms with E-state index in [9.17, 15) is 4.39 Å². The number of halogens is 1. The fourth-order valence-corrected chi connectivity index (χ4v) is 5.64. The molecule has 2 aromatic heterocycles. The highest BCUT2D eigenvalue weighted by molar-refractivity contribution is 5.53. The fraction of sp³-hybridized carbons (Fsp3) is 0.542. The van der Waals surface area contributed by atoms with Gasteiger partial charge in [-0.1, -0.05) is 5.16 Å². The van der Waals surface area contributed by atoms with Crippen LogP contribution < -0.4 is 0 Å². The van der Waals surface area contributed by atoms with E-state index < -0.39 is 0 Å². The Morgan fingerprint density at radius 2 is 1.97 bits per heavy atom. The van der Waals surface area contributed by atoms with Crippen LogP contribution in [-0.2, 0) is 13.1 Å². The van der Waals surface area contributed by atoms with Gasteiger partial charge in [0, 0.05) is 55.0 Å². The van der Waals surface area contributed by atoms with Crippen molar-refractivity contribution in [1.29, 1.82) is 0 Å². The molecule has 2 fully saturated rings. The van der Waals surface area contributed by atoms with Crippen molar-refractivity contribution < 1.29 is 8.91 Å². The molecule has 32 heavy (non-hydrogen) atoms. The summed E-state index contributed by atoms with van der Waals surface area (Å²) in [5, 5.41) is 8.94. The maximum Gasteiger partial charge on any atom is 0.232 e. The van der Waals surface area contributed by atoms with Crippen molar-refractivity contribution in [1.82, 2.24) is 29.7 Å². The Morgan fingerprint density at radius 1 is 1.19 bits per heavy atom. The van der Waals surface area contributed by atoms with E-state index in [1.165, 1.54) is 23.4 Å². The van der Waals surface area contributed by atoms with Crippen molar-refractivity contribution in [2.75, 3.05) is 33.2 Å². The second kappa shape index (κ2) is 8.08. The van der Waals surface area contributed by atoms with Crippen LogP contribution >= 0.6 is 0 Å². The number of likely N-dealkylation sites (tertiary alicyclic amines) is 2. The summed E-state index contributed by atoms with van der Waals surface area (Å²) < 4.78 is 21.2. The van der Waals surface area contributed by atoms with E-state index in [-0.39, 0.29) is 17.2 Å². The monoisotopic (exact) mass is 438 g/mol. The van der Waals surface area contributed by atoms with Crippen LogP contribution in [0.2, 0.25) is 0 Å². The smallest absolute Gasteiger partial charge is 0.232 e. The van der Waals surface area contributed by atoms with Crippen LogP contribution in [0.15, 0.2) is 28.8 Å². The maximum absolute atomic E-state index is 13.3. The van der Waals surface area contributed by atoms with Gasteiger partial charge < -0.3 is 9.42 Å². The zero-order valence-corrected chi connectivity index (χ0v) is 19.3. The topological polar surface area (TPSA) is 63.2 Å². The molecule has 2 aliphatic heterocycles. The number of aryl methyl sites for hydroxylation is 2. The van der Waals surface area contributed by atoms with Gasteiger partial charge in [-0.05, 0) is 65.0 Å². The van der Waals surface area contributed by atoms with Crippen molar-refractivity contribution in [2.24, 2.45) is 5.41 Å². The molecule has 0 amide bonds. The number of aromatic nitrogens is 4. The van der Waals surface area contributed by atoms with Crippen molar-refractivity contribution in [3.8, 4) is 11.4 Å². The van der Waals surface area contributed by atoms with Crippen LogP contribution in [0.1, 0.15) is 42.1 Å². The summed E-state index contributed by atoms with van der Waals surface area (Å²) in [5.41, 5.74) is 4.56. The van der Waals surface area contributed by atoms with Gasteiger partial charge in [0.2, 0.25) is 11.7 Å². The molecule has 0 unspecified atom stereocenters. The molecule has 0 saturated carbocycles. The lowest BCUT2D eigenvalue weighted by atomic mass is 9.77. The van der Waals surface area contributed by atoms with Gasteiger partial charge in [-0.3, -0.25) is 9.58 Å². The van der Waals surface area contributed by atoms with E-state index in [2.05, 4.69) is 47.5 Å². The lowest BCUT2D eigenvalue weighted by Crippen LogP contribution is -2.32. The minimum Gasteiger partial charge on any atom is -0.339 e. The van der Waals surface area contributed by atoms with Crippen molar-refractivity contribution in [2.45, 2.75) is 46.2 Å². The summed E-state index contributed by atoms with van der Waals surface area (Å²) >= 11 is 0. The summed E-state index contributed by atoms with van der Waals surface area (Å²) in [6, 6.07) is 6.25. The van der Waals surface area contributed by atoms with Gasteiger partial charge in [-0.25, -0.2) is 4.39 Å². The third kappa shape index (κ3) is 3.65. The van der Waals surface area contributed by atoms with Crippen LogP contribution in [0.4, 0.5) is 4.39 Å². The number of hydrogen-bond donors (Lipinski definition) is 0. The predicted octanol–water partition coefficient (Wildman–Crippen LogP) is 3.63. The van der Waals surface area contributed by atoms with Gasteiger partial charge in [-0.2, -0.15) is 10.1 Å². The molecule has 0 aliphatic carbocycles. The Kier molecular flexibility index (Phi) is 5.37. The summed E-state index contributed by atoms with van der Waals surface area (Å²) in [5.74, 6) is 1.13. The molecule has 170 valence electrons. The average Bonchev–Trinajstić information content (AvgIpc) is 3.53. The maximum atomic E-state index is 13.3. The van der Waals surface area contributed by atoms with Crippen LogP contribution in [0, 0.1) is 25.1 Å². The van der Waals surface area contributed by atoms with E-state index in [1.54, 1.807) is 12.1 Å². The highest BCUT2D eigenvalue weighted by atomic mass is 19.1. The first-order valence-corrected chi connectivity index (χ1v) is 11.4. The van der Waals surface area contributed by atoms with Crippen molar-refractivity contribution >= 4 is 0 Å². The first-order chi connectivity index (χ1) is 15.4. The largest absolute Gasteiger partial charge is 0.339 e. The van der Waals surface area contributed by atoms with Gasteiger partial charge in [0.1, 0.15) is 5.82 Å². The summed E-state index contributed by atoms with van der Waals surface area (Å²) in [6.07, 6.45) is 1.12. The molecule has 7 nitrogen and oxygen atoms in total.